The number of halogens is 2. The molecule has 1 heterocycles. The molecular formula is C12H11F2N3O2. The third-order valence-electron chi connectivity index (χ3n) is 2.65. The predicted octanol–water partition coefficient (Wildman–Crippen LogP) is 1.73. The van der Waals surface area contributed by atoms with E-state index < -0.39 is 23.2 Å². The first kappa shape index (κ1) is 13.0. The normalized spacial score (nSPS) is 10.5. The van der Waals surface area contributed by atoms with Crippen molar-refractivity contribution in [1.82, 2.24) is 9.78 Å². The molecule has 0 radical (unpaired) electrons. The molecule has 5 nitrogen and oxygen atoms in total. The Balaban J connectivity index is 2.59. The van der Waals surface area contributed by atoms with E-state index >= 15 is 0 Å². The summed E-state index contributed by atoms with van der Waals surface area (Å²) in [5.41, 5.74) is 5.71. The van der Waals surface area contributed by atoms with Crippen LogP contribution in [0.1, 0.15) is 10.4 Å². The van der Waals surface area contributed by atoms with E-state index in [1.165, 1.54) is 16.8 Å². The van der Waals surface area contributed by atoms with Gasteiger partial charge in [-0.05, 0) is 12.1 Å². The molecule has 100 valence electrons. The molecule has 19 heavy (non-hydrogen) atoms. The molecule has 1 aromatic carbocycles. The van der Waals surface area contributed by atoms with Crippen molar-refractivity contribution in [2.24, 2.45) is 7.05 Å². The van der Waals surface area contributed by atoms with Crippen LogP contribution in [0.5, 0.6) is 0 Å². The molecule has 2 N–H and O–H groups in total. The molecule has 0 unspecified atom stereocenters. The van der Waals surface area contributed by atoms with Crippen LogP contribution in [0.25, 0.3) is 11.3 Å². The van der Waals surface area contributed by atoms with Gasteiger partial charge in [0.05, 0.1) is 18.4 Å². The number of nitrogens with two attached hydrogens (primary N) is 1. The van der Waals surface area contributed by atoms with Crippen molar-refractivity contribution in [2.75, 3.05) is 12.8 Å². The van der Waals surface area contributed by atoms with Crippen molar-refractivity contribution < 1.29 is 18.3 Å². The highest BCUT2D eigenvalue weighted by Gasteiger charge is 2.19. The van der Waals surface area contributed by atoms with Gasteiger partial charge < -0.3 is 10.5 Å². The second-order valence-electron chi connectivity index (χ2n) is 3.89. The average Bonchev–Trinajstić information content (AvgIpc) is 2.72. The van der Waals surface area contributed by atoms with E-state index in [0.29, 0.717) is 11.5 Å². The van der Waals surface area contributed by atoms with Crippen molar-refractivity contribution in [2.45, 2.75) is 0 Å². The van der Waals surface area contributed by atoms with Gasteiger partial charge in [-0.2, -0.15) is 5.10 Å². The Morgan fingerprint density at radius 1 is 1.37 bits per heavy atom. The fraction of sp³-hybridized carbons (Fsp3) is 0.167. The number of hydrogen-bond donors (Lipinski definition) is 1. The highest BCUT2D eigenvalue weighted by Crippen LogP contribution is 2.25. The maximum absolute atomic E-state index is 13.5. The Kier molecular flexibility index (Phi) is 3.20. The number of aromatic nitrogens is 2. The van der Waals surface area contributed by atoms with Gasteiger partial charge >= 0.3 is 5.97 Å². The second-order valence-corrected chi connectivity index (χ2v) is 3.89. The van der Waals surface area contributed by atoms with Crippen LogP contribution in [-0.4, -0.2) is 22.9 Å². The first-order chi connectivity index (χ1) is 8.93. The van der Waals surface area contributed by atoms with E-state index in [-0.39, 0.29) is 5.56 Å². The Labute approximate surface area is 107 Å². The number of carbonyl (C=O) groups is 1. The summed E-state index contributed by atoms with van der Waals surface area (Å²) in [6.07, 6.45) is 0. The van der Waals surface area contributed by atoms with Crippen molar-refractivity contribution in [1.29, 1.82) is 0 Å². The number of benzene rings is 1. The van der Waals surface area contributed by atoms with Gasteiger partial charge in [0.25, 0.3) is 0 Å². The van der Waals surface area contributed by atoms with Crippen LogP contribution >= 0.6 is 0 Å². The lowest BCUT2D eigenvalue weighted by Gasteiger charge is -2.05. The molecule has 0 aliphatic rings. The molecule has 0 aliphatic heterocycles. The first-order valence-electron chi connectivity index (χ1n) is 5.31. The van der Waals surface area contributed by atoms with Gasteiger partial charge in [0.2, 0.25) is 0 Å². The number of carbonyl (C=O) groups excluding carboxylic acids is 1. The van der Waals surface area contributed by atoms with Crippen molar-refractivity contribution in [3.05, 3.63) is 35.4 Å². The van der Waals surface area contributed by atoms with Crippen LogP contribution < -0.4 is 5.73 Å². The molecular weight excluding hydrogens is 256 g/mol. The molecule has 7 heteroatoms. The van der Waals surface area contributed by atoms with E-state index in [1.54, 1.807) is 7.05 Å². The zero-order valence-electron chi connectivity index (χ0n) is 10.3. The smallest absolute Gasteiger partial charge is 0.340 e. The van der Waals surface area contributed by atoms with Gasteiger partial charge in [-0.1, -0.05) is 0 Å². The van der Waals surface area contributed by atoms with Gasteiger partial charge in [0, 0.05) is 18.7 Å². The molecule has 0 atom stereocenters. The lowest BCUT2D eigenvalue weighted by atomic mass is 10.1. The topological polar surface area (TPSA) is 70.1 Å². The summed E-state index contributed by atoms with van der Waals surface area (Å²) >= 11 is 0. The van der Waals surface area contributed by atoms with Crippen LogP contribution in [0, 0.1) is 11.6 Å². The largest absolute Gasteiger partial charge is 0.465 e. The fourth-order valence-corrected chi connectivity index (χ4v) is 1.62. The Morgan fingerprint density at radius 2 is 2.05 bits per heavy atom. The van der Waals surface area contributed by atoms with Crippen molar-refractivity contribution in [3.8, 4) is 11.3 Å². The lowest BCUT2D eigenvalue weighted by Crippen LogP contribution is -2.06. The van der Waals surface area contributed by atoms with Crippen LogP contribution in [0.2, 0.25) is 0 Å². The standard InChI is InChI=1S/C12H11F2N3O2/c1-17-10(15)5-9(16-17)6-3-7(12(18)19-2)11(14)8(13)4-6/h3-5H,15H2,1-2H3. The van der Waals surface area contributed by atoms with Gasteiger partial charge in [-0.25, -0.2) is 13.6 Å². The zero-order valence-corrected chi connectivity index (χ0v) is 10.3. The molecule has 0 fully saturated rings. The third-order valence-corrected chi connectivity index (χ3v) is 2.65. The minimum Gasteiger partial charge on any atom is -0.465 e. The molecule has 2 aromatic rings. The zero-order chi connectivity index (χ0) is 14.2. The number of aryl methyl sites for hydroxylation is 1. The number of nitrogens with zero attached hydrogens (tertiary/aromatic N) is 2. The Bertz CT molecular complexity index is 633. The number of esters is 1. The fourth-order valence-electron chi connectivity index (χ4n) is 1.62. The minimum absolute atomic E-state index is 0.242. The SMILES string of the molecule is COC(=O)c1cc(-c2cc(N)n(C)n2)cc(F)c1F. The monoisotopic (exact) mass is 267 g/mol. The number of ether oxygens (including phenoxy) is 1. The van der Waals surface area contributed by atoms with Gasteiger partial charge in [-0.3, -0.25) is 4.68 Å². The number of hydrogen-bond acceptors (Lipinski definition) is 4. The highest BCUT2D eigenvalue weighted by molar-refractivity contribution is 5.91. The number of methoxy groups -OCH3 is 1. The minimum atomic E-state index is -1.25. The average molecular weight is 267 g/mol. The summed E-state index contributed by atoms with van der Waals surface area (Å²) < 4.78 is 32.8. The molecule has 0 bridgehead atoms. The molecule has 0 amide bonds. The first-order valence-corrected chi connectivity index (χ1v) is 5.31. The number of anilines is 1. The van der Waals surface area contributed by atoms with Crippen LogP contribution in [0.4, 0.5) is 14.6 Å². The maximum atomic E-state index is 13.5. The second kappa shape index (κ2) is 4.68. The summed E-state index contributed by atoms with van der Waals surface area (Å²) in [6, 6.07) is 3.61. The van der Waals surface area contributed by atoms with Gasteiger partial charge in [0.1, 0.15) is 5.82 Å². The van der Waals surface area contributed by atoms with Crippen molar-refractivity contribution >= 4 is 11.8 Å². The molecule has 1 aromatic heterocycles. The molecule has 2 rings (SSSR count). The quantitative estimate of drug-likeness (QED) is 0.841. The summed E-state index contributed by atoms with van der Waals surface area (Å²) in [5.74, 6) is -3.00. The summed E-state index contributed by atoms with van der Waals surface area (Å²) in [7, 11) is 2.70. The van der Waals surface area contributed by atoms with E-state index in [4.69, 9.17) is 5.73 Å². The molecule has 0 aliphatic carbocycles. The molecule has 0 saturated heterocycles. The van der Waals surface area contributed by atoms with Crippen LogP contribution in [-0.2, 0) is 11.8 Å². The number of nitrogen functional groups attached to an aromatic ring is 1. The lowest BCUT2D eigenvalue weighted by molar-refractivity contribution is 0.0594. The summed E-state index contributed by atoms with van der Waals surface area (Å²) in [5, 5.41) is 4.03. The van der Waals surface area contributed by atoms with E-state index in [9.17, 15) is 13.6 Å². The van der Waals surface area contributed by atoms with Crippen molar-refractivity contribution in [3.63, 3.8) is 0 Å². The maximum Gasteiger partial charge on any atom is 0.340 e. The van der Waals surface area contributed by atoms with Gasteiger partial charge in [-0.15, -0.1) is 0 Å². The van der Waals surface area contributed by atoms with Crippen LogP contribution in [0.15, 0.2) is 18.2 Å². The van der Waals surface area contributed by atoms with Gasteiger partial charge in [0.15, 0.2) is 11.6 Å². The predicted molar refractivity (Wildman–Crippen MR) is 64.3 cm³/mol. The Hall–Kier alpha value is -2.44. The van der Waals surface area contributed by atoms with E-state index in [0.717, 1.165) is 13.2 Å². The van der Waals surface area contributed by atoms with E-state index in [1.807, 2.05) is 0 Å². The highest BCUT2D eigenvalue weighted by atomic mass is 19.2. The Morgan fingerprint density at radius 3 is 2.58 bits per heavy atom. The molecule has 0 spiro atoms. The molecule has 0 saturated carbocycles. The number of rotatable bonds is 2. The summed E-state index contributed by atoms with van der Waals surface area (Å²) in [6.45, 7) is 0. The third kappa shape index (κ3) is 2.26. The summed E-state index contributed by atoms with van der Waals surface area (Å²) in [4.78, 5) is 11.4. The van der Waals surface area contributed by atoms with E-state index in [2.05, 4.69) is 9.84 Å². The van der Waals surface area contributed by atoms with Crippen LogP contribution in [0.3, 0.4) is 0 Å².